The molecule has 10 nitrogen and oxygen atoms in total. The summed E-state index contributed by atoms with van der Waals surface area (Å²) in [6.07, 6.45) is -2.58. The Labute approximate surface area is 254 Å². The third kappa shape index (κ3) is 5.46. The van der Waals surface area contributed by atoms with Crippen LogP contribution in [0.15, 0.2) is 30.6 Å². The number of hydrogen-bond donors (Lipinski definition) is 0. The molecule has 3 aliphatic heterocycles. The molecule has 0 saturated carbocycles. The number of piperazine rings is 1. The number of nitriles is 1. The number of hydrogen-bond acceptors (Lipinski definition) is 8. The van der Waals surface area contributed by atoms with E-state index in [9.17, 15) is 23.2 Å². The lowest BCUT2D eigenvalue weighted by atomic mass is 9.75. The minimum Gasteiger partial charge on any atom is -0.379 e. The van der Waals surface area contributed by atoms with E-state index < -0.39 is 23.1 Å². The summed E-state index contributed by atoms with van der Waals surface area (Å²) in [5.74, 6) is 0.610. The molecule has 2 saturated heterocycles. The van der Waals surface area contributed by atoms with Crippen LogP contribution in [-0.2, 0) is 42.9 Å². The van der Waals surface area contributed by atoms with Gasteiger partial charge < -0.3 is 14.2 Å². The first-order valence-corrected chi connectivity index (χ1v) is 14.7. The summed E-state index contributed by atoms with van der Waals surface area (Å²) in [6.45, 7) is 7.34. The zero-order chi connectivity index (χ0) is 31.4. The molecular weight excluding hydrogens is 573 g/mol. The SMILES string of the molecule is CC(C)[C@H]1CN(C)CCN1Cc1cc2c(c(C(F)(F)F)c1)CN(c1cc(C3(Cc4nncn4C)COC3)cc(C#N)n1)C2=O. The fraction of sp³-hybridized carbons (Fsp3) is 0.516. The first kappa shape index (κ1) is 30.2. The van der Waals surface area contributed by atoms with Crippen molar-refractivity contribution in [2.75, 3.05) is 44.8 Å². The van der Waals surface area contributed by atoms with Gasteiger partial charge in [-0.2, -0.15) is 18.4 Å². The Morgan fingerprint density at radius 2 is 1.93 bits per heavy atom. The number of aromatic nitrogens is 4. The summed E-state index contributed by atoms with van der Waals surface area (Å²) in [5.41, 5.74) is -0.165. The van der Waals surface area contributed by atoms with Gasteiger partial charge in [-0.1, -0.05) is 13.8 Å². The standard InChI is InChI=1S/C31H35F3N8O2/c1-19(2)26-15-39(3)5-6-41(26)13-20-7-23-24(25(8-20)31(32,33)34)14-42(29(23)43)27-10-21(9-22(12-35)37-27)30(16-44-17-30)11-28-38-36-18-40(28)4/h7-10,18-19,26H,5-6,11,13-17H2,1-4H3/t26-/m1/s1. The van der Waals surface area contributed by atoms with Crippen molar-refractivity contribution in [2.24, 2.45) is 13.0 Å². The van der Waals surface area contributed by atoms with Crippen molar-refractivity contribution < 1.29 is 22.7 Å². The summed E-state index contributed by atoms with van der Waals surface area (Å²) in [4.78, 5) is 23.9. The zero-order valence-corrected chi connectivity index (χ0v) is 25.2. The molecule has 3 aromatic rings. The number of aryl methyl sites for hydroxylation is 1. The smallest absolute Gasteiger partial charge is 0.379 e. The van der Waals surface area contributed by atoms with E-state index in [4.69, 9.17) is 4.74 Å². The second-order valence-corrected chi connectivity index (χ2v) is 12.6. The summed E-state index contributed by atoms with van der Waals surface area (Å²) >= 11 is 0. The highest BCUT2D eigenvalue weighted by Crippen LogP contribution is 2.41. The quantitative estimate of drug-likeness (QED) is 0.402. The number of alkyl halides is 3. The van der Waals surface area contributed by atoms with E-state index in [1.54, 1.807) is 29.1 Å². The average Bonchev–Trinajstić information content (AvgIpc) is 3.52. The van der Waals surface area contributed by atoms with E-state index in [-0.39, 0.29) is 35.2 Å². The number of rotatable bonds is 7. The average molecular weight is 609 g/mol. The van der Waals surface area contributed by atoms with E-state index in [2.05, 4.69) is 44.9 Å². The molecule has 0 unspecified atom stereocenters. The van der Waals surface area contributed by atoms with Gasteiger partial charge in [-0.25, -0.2) is 4.98 Å². The molecule has 2 aromatic heterocycles. The van der Waals surface area contributed by atoms with Crippen LogP contribution in [0.3, 0.4) is 0 Å². The summed E-state index contributed by atoms with van der Waals surface area (Å²) in [6, 6.07) is 8.37. The second-order valence-electron chi connectivity index (χ2n) is 12.6. The monoisotopic (exact) mass is 608 g/mol. The molecule has 0 spiro atoms. The van der Waals surface area contributed by atoms with E-state index in [1.165, 1.54) is 11.0 Å². The largest absolute Gasteiger partial charge is 0.416 e. The highest BCUT2D eigenvalue weighted by molar-refractivity contribution is 6.10. The molecule has 1 amide bonds. The zero-order valence-electron chi connectivity index (χ0n) is 25.2. The number of ether oxygens (including phenoxy) is 1. The van der Waals surface area contributed by atoms with Crippen molar-refractivity contribution in [2.45, 2.75) is 51.0 Å². The number of fused-ring (bicyclic) bond motifs is 1. The molecular formula is C31H35F3N8O2. The molecule has 3 aliphatic rings. The molecule has 6 rings (SSSR count). The van der Waals surface area contributed by atoms with Crippen LogP contribution < -0.4 is 4.90 Å². The van der Waals surface area contributed by atoms with Gasteiger partial charge in [0, 0.05) is 56.7 Å². The normalized spacial score (nSPS) is 20.6. The maximum Gasteiger partial charge on any atom is 0.416 e. The van der Waals surface area contributed by atoms with E-state index in [0.29, 0.717) is 43.2 Å². The van der Waals surface area contributed by atoms with Crippen molar-refractivity contribution in [3.05, 3.63) is 69.9 Å². The number of benzene rings is 1. The third-order valence-electron chi connectivity index (χ3n) is 9.17. The number of carbonyl (C=O) groups is 1. The number of carbonyl (C=O) groups excluding carboxylic acids is 1. The van der Waals surface area contributed by atoms with Crippen LogP contribution in [0.1, 0.15) is 58.0 Å². The fourth-order valence-corrected chi connectivity index (χ4v) is 6.56. The van der Waals surface area contributed by atoms with Gasteiger partial charge in [0.05, 0.1) is 25.3 Å². The van der Waals surface area contributed by atoms with Gasteiger partial charge in [0.2, 0.25) is 0 Å². The van der Waals surface area contributed by atoms with Gasteiger partial charge in [0.25, 0.3) is 5.91 Å². The van der Waals surface area contributed by atoms with E-state index in [0.717, 1.165) is 25.5 Å². The van der Waals surface area contributed by atoms with Crippen molar-refractivity contribution in [3.63, 3.8) is 0 Å². The van der Waals surface area contributed by atoms with Gasteiger partial charge in [0.15, 0.2) is 0 Å². The van der Waals surface area contributed by atoms with Gasteiger partial charge in [-0.15, -0.1) is 10.2 Å². The Morgan fingerprint density at radius 1 is 1.16 bits per heavy atom. The van der Waals surface area contributed by atoms with E-state index >= 15 is 0 Å². The molecule has 44 heavy (non-hydrogen) atoms. The van der Waals surface area contributed by atoms with Crippen LogP contribution in [0.4, 0.5) is 19.0 Å². The van der Waals surface area contributed by atoms with E-state index in [1.807, 2.05) is 14.1 Å². The van der Waals surface area contributed by atoms with Crippen LogP contribution in [0.2, 0.25) is 0 Å². The molecule has 2 fully saturated rings. The Hall–Kier alpha value is -3.86. The van der Waals surface area contributed by atoms with Gasteiger partial charge in [-0.3, -0.25) is 14.6 Å². The van der Waals surface area contributed by atoms with Crippen molar-refractivity contribution >= 4 is 11.7 Å². The van der Waals surface area contributed by atoms with Gasteiger partial charge >= 0.3 is 6.18 Å². The van der Waals surface area contributed by atoms with Crippen LogP contribution >= 0.6 is 0 Å². The number of likely N-dealkylation sites (N-methyl/N-ethyl adjacent to an activating group) is 1. The Balaban J connectivity index is 1.35. The lowest BCUT2D eigenvalue weighted by molar-refractivity contribution is -0.138. The number of pyridine rings is 1. The Morgan fingerprint density at radius 3 is 2.55 bits per heavy atom. The maximum absolute atomic E-state index is 14.5. The first-order chi connectivity index (χ1) is 20.9. The van der Waals surface area contributed by atoms with Crippen LogP contribution in [-0.4, -0.2) is 81.4 Å². The summed E-state index contributed by atoms with van der Waals surface area (Å²) in [5, 5.41) is 18.0. The predicted octanol–water partition coefficient (Wildman–Crippen LogP) is 3.54. The Bertz CT molecular complexity index is 1620. The highest BCUT2D eigenvalue weighted by atomic mass is 19.4. The molecule has 232 valence electrons. The maximum atomic E-state index is 14.5. The molecule has 5 heterocycles. The molecule has 0 radical (unpaired) electrons. The lowest BCUT2D eigenvalue weighted by Gasteiger charge is -2.42. The van der Waals surface area contributed by atoms with Crippen molar-refractivity contribution in [3.8, 4) is 6.07 Å². The molecule has 1 atom stereocenters. The van der Waals surface area contributed by atoms with Crippen LogP contribution in [0, 0.1) is 17.2 Å². The van der Waals surface area contributed by atoms with Gasteiger partial charge in [0.1, 0.15) is 29.7 Å². The summed E-state index contributed by atoms with van der Waals surface area (Å²) < 4.78 is 50.8. The second kappa shape index (κ2) is 11.3. The van der Waals surface area contributed by atoms with Crippen molar-refractivity contribution in [1.29, 1.82) is 5.26 Å². The van der Waals surface area contributed by atoms with Gasteiger partial charge in [-0.05, 0) is 53.9 Å². The topological polar surface area (TPSA) is 103 Å². The number of amides is 1. The molecule has 0 bridgehead atoms. The van der Waals surface area contributed by atoms with Crippen LogP contribution in [0.25, 0.3) is 0 Å². The molecule has 1 aromatic carbocycles. The summed E-state index contributed by atoms with van der Waals surface area (Å²) in [7, 11) is 3.88. The van der Waals surface area contributed by atoms with Crippen LogP contribution in [0.5, 0.6) is 0 Å². The first-order valence-electron chi connectivity index (χ1n) is 14.7. The fourth-order valence-electron chi connectivity index (χ4n) is 6.56. The predicted molar refractivity (Wildman–Crippen MR) is 155 cm³/mol. The molecule has 0 aliphatic carbocycles. The number of nitrogens with zero attached hydrogens (tertiary/aromatic N) is 8. The molecule has 0 N–H and O–H groups in total. The van der Waals surface area contributed by atoms with Crippen molar-refractivity contribution in [1.82, 2.24) is 29.5 Å². The third-order valence-corrected chi connectivity index (χ3v) is 9.17. The molecule has 13 heteroatoms. The number of halogens is 3. The minimum absolute atomic E-state index is 0.0246. The highest BCUT2D eigenvalue weighted by Gasteiger charge is 2.44. The lowest BCUT2D eigenvalue weighted by Crippen LogP contribution is -2.53. The number of anilines is 1. The Kier molecular flexibility index (Phi) is 7.72. The minimum atomic E-state index is -4.65.